The van der Waals surface area contributed by atoms with Crippen molar-refractivity contribution in [1.29, 1.82) is 0 Å². The first-order valence-corrected chi connectivity index (χ1v) is 10.9. The molecule has 0 aromatic heterocycles. The van der Waals surface area contributed by atoms with Gasteiger partial charge in [-0.05, 0) is 69.0 Å². The Balaban J connectivity index is 1.65. The molecule has 3 aliphatic rings. The maximum absolute atomic E-state index is 13.5. The van der Waals surface area contributed by atoms with Crippen molar-refractivity contribution in [1.82, 2.24) is 9.80 Å². The minimum atomic E-state index is -0.0274. The number of hydrogen-bond acceptors (Lipinski definition) is 4. The lowest BCUT2D eigenvalue weighted by atomic mass is 9.73. The van der Waals surface area contributed by atoms with Gasteiger partial charge in [0.05, 0.1) is 20.3 Å². The second kappa shape index (κ2) is 7.94. The summed E-state index contributed by atoms with van der Waals surface area (Å²) < 4.78 is 11.1. The van der Waals surface area contributed by atoms with Crippen LogP contribution >= 0.6 is 0 Å². The molecular weight excluding hydrogens is 352 g/mol. The van der Waals surface area contributed by atoms with Gasteiger partial charge in [-0.1, -0.05) is 19.3 Å². The van der Waals surface area contributed by atoms with Gasteiger partial charge >= 0.3 is 0 Å². The summed E-state index contributed by atoms with van der Waals surface area (Å²) in [5.74, 6) is 1.84. The highest BCUT2D eigenvalue weighted by Crippen LogP contribution is 2.48. The van der Waals surface area contributed by atoms with Crippen molar-refractivity contribution >= 4 is 5.91 Å². The topological polar surface area (TPSA) is 42.0 Å². The maximum Gasteiger partial charge on any atom is 0.239 e. The molecule has 1 atom stereocenters. The molecule has 2 heterocycles. The van der Waals surface area contributed by atoms with Crippen LogP contribution in [0.4, 0.5) is 0 Å². The van der Waals surface area contributed by atoms with Crippen molar-refractivity contribution in [2.45, 2.75) is 69.9 Å². The molecule has 28 heavy (non-hydrogen) atoms. The van der Waals surface area contributed by atoms with E-state index in [2.05, 4.69) is 28.9 Å². The molecule has 1 aromatic rings. The van der Waals surface area contributed by atoms with Crippen LogP contribution in [0.25, 0.3) is 0 Å². The molecular formula is C23H34N2O3. The van der Waals surface area contributed by atoms with Gasteiger partial charge in [-0.3, -0.25) is 9.69 Å². The van der Waals surface area contributed by atoms with Crippen LogP contribution in [0, 0.1) is 0 Å². The molecule has 1 saturated heterocycles. The van der Waals surface area contributed by atoms with Gasteiger partial charge in [0.1, 0.15) is 0 Å². The number of amides is 1. The number of methoxy groups -OCH3 is 2. The number of fused-ring (bicyclic) bond motifs is 2. The molecule has 1 unspecified atom stereocenters. The van der Waals surface area contributed by atoms with E-state index in [1.807, 2.05) is 0 Å². The number of piperidine rings is 1. The number of ether oxygens (including phenoxy) is 2. The lowest BCUT2D eigenvalue weighted by Gasteiger charge is -2.44. The highest BCUT2D eigenvalue weighted by molar-refractivity contribution is 5.82. The van der Waals surface area contributed by atoms with Crippen LogP contribution in [0.15, 0.2) is 12.1 Å². The van der Waals surface area contributed by atoms with Gasteiger partial charge < -0.3 is 14.4 Å². The van der Waals surface area contributed by atoms with Gasteiger partial charge in [0, 0.05) is 18.5 Å². The van der Waals surface area contributed by atoms with Gasteiger partial charge in [-0.2, -0.15) is 0 Å². The smallest absolute Gasteiger partial charge is 0.239 e. The molecule has 1 aliphatic carbocycles. The molecule has 5 heteroatoms. The lowest BCUT2D eigenvalue weighted by Crippen LogP contribution is -2.53. The van der Waals surface area contributed by atoms with E-state index in [9.17, 15) is 4.79 Å². The molecule has 0 bridgehead atoms. The molecule has 0 N–H and O–H groups in total. The van der Waals surface area contributed by atoms with Crippen molar-refractivity contribution < 1.29 is 14.3 Å². The van der Waals surface area contributed by atoms with E-state index in [-0.39, 0.29) is 17.4 Å². The summed E-state index contributed by atoms with van der Waals surface area (Å²) in [4.78, 5) is 17.9. The quantitative estimate of drug-likeness (QED) is 0.791. The number of rotatable bonds is 4. The Labute approximate surface area is 169 Å². The summed E-state index contributed by atoms with van der Waals surface area (Å²) in [6.45, 7) is 5.71. The second-order valence-electron chi connectivity index (χ2n) is 8.82. The molecule has 2 fully saturated rings. The third-order valence-electron chi connectivity index (χ3n) is 7.20. The predicted molar refractivity (Wildman–Crippen MR) is 110 cm³/mol. The molecule has 5 nitrogen and oxygen atoms in total. The predicted octanol–water partition coefficient (Wildman–Crippen LogP) is 3.73. The van der Waals surface area contributed by atoms with Gasteiger partial charge in [-0.25, -0.2) is 0 Å². The van der Waals surface area contributed by atoms with E-state index in [0.717, 1.165) is 44.0 Å². The summed E-state index contributed by atoms with van der Waals surface area (Å²) >= 11 is 0. The molecule has 2 aliphatic heterocycles. The molecule has 1 aromatic carbocycles. The van der Waals surface area contributed by atoms with Crippen LogP contribution in [0.3, 0.4) is 0 Å². The van der Waals surface area contributed by atoms with Crippen molar-refractivity contribution in [3.8, 4) is 11.5 Å². The minimum Gasteiger partial charge on any atom is -0.493 e. The van der Waals surface area contributed by atoms with E-state index in [1.165, 1.54) is 43.2 Å². The highest BCUT2D eigenvalue weighted by atomic mass is 16.5. The van der Waals surface area contributed by atoms with Crippen molar-refractivity contribution in [3.63, 3.8) is 0 Å². The Bertz CT molecular complexity index is 721. The zero-order valence-electron chi connectivity index (χ0n) is 17.6. The van der Waals surface area contributed by atoms with Gasteiger partial charge in [0.15, 0.2) is 11.5 Å². The molecule has 0 radical (unpaired) electrons. The maximum atomic E-state index is 13.5. The number of nitrogens with zero attached hydrogens (tertiary/aromatic N) is 2. The molecule has 4 rings (SSSR count). The third kappa shape index (κ3) is 3.38. The highest BCUT2D eigenvalue weighted by Gasteiger charge is 2.44. The third-order valence-corrected chi connectivity index (χ3v) is 7.20. The van der Waals surface area contributed by atoms with Crippen LogP contribution in [-0.4, -0.2) is 55.6 Å². The summed E-state index contributed by atoms with van der Waals surface area (Å²) in [7, 11) is 3.38. The van der Waals surface area contributed by atoms with Gasteiger partial charge in [0.2, 0.25) is 5.91 Å². The Kier molecular flexibility index (Phi) is 5.55. The largest absolute Gasteiger partial charge is 0.493 e. The summed E-state index contributed by atoms with van der Waals surface area (Å²) in [6, 6.07) is 4.25. The summed E-state index contributed by atoms with van der Waals surface area (Å²) in [6.07, 6.45) is 8.48. The Morgan fingerprint density at radius 1 is 1.00 bits per heavy atom. The Morgan fingerprint density at radius 2 is 1.64 bits per heavy atom. The SMILES string of the molecule is COc1cc2c(cc1OC)C1(CCCC1)CN(C(=O)C(C)N1CCCCC1)C2. The van der Waals surface area contributed by atoms with Gasteiger partial charge in [0.25, 0.3) is 0 Å². The van der Waals surface area contributed by atoms with Crippen molar-refractivity contribution in [2.24, 2.45) is 0 Å². The Hall–Kier alpha value is -1.75. The summed E-state index contributed by atoms with van der Waals surface area (Å²) in [5, 5.41) is 0. The van der Waals surface area contributed by atoms with Crippen LogP contribution < -0.4 is 9.47 Å². The number of likely N-dealkylation sites (tertiary alicyclic amines) is 1. The summed E-state index contributed by atoms with van der Waals surface area (Å²) in [5.41, 5.74) is 2.67. The van der Waals surface area contributed by atoms with E-state index in [1.54, 1.807) is 14.2 Å². The van der Waals surface area contributed by atoms with E-state index in [4.69, 9.17) is 9.47 Å². The lowest BCUT2D eigenvalue weighted by molar-refractivity contribution is -0.139. The van der Waals surface area contributed by atoms with E-state index in [0.29, 0.717) is 6.54 Å². The molecule has 1 amide bonds. The van der Waals surface area contributed by atoms with Gasteiger partial charge in [-0.15, -0.1) is 0 Å². The fourth-order valence-corrected chi connectivity index (χ4v) is 5.62. The zero-order valence-corrected chi connectivity index (χ0v) is 17.6. The number of carbonyl (C=O) groups is 1. The molecule has 1 spiro atoms. The van der Waals surface area contributed by atoms with Crippen molar-refractivity contribution in [2.75, 3.05) is 33.9 Å². The van der Waals surface area contributed by atoms with Crippen molar-refractivity contribution in [3.05, 3.63) is 23.3 Å². The standard InChI is InChI=1S/C23H34N2O3/c1-17(24-11-7-4-8-12-24)22(26)25-15-18-13-20(27-2)21(28-3)14-19(18)23(16-25)9-5-6-10-23/h13-14,17H,4-12,15-16H2,1-3H3. The number of carbonyl (C=O) groups excluding carboxylic acids is 1. The minimum absolute atomic E-state index is 0.0274. The molecule has 154 valence electrons. The fraction of sp³-hybridized carbons (Fsp3) is 0.696. The van der Waals surface area contributed by atoms with Crippen LogP contribution in [0.1, 0.15) is 63.0 Å². The zero-order chi connectivity index (χ0) is 19.7. The first-order valence-electron chi connectivity index (χ1n) is 10.9. The normalized spacial score (nSPS) is 22.8. The fourth-order valence-electron chi connectivity index (χ4n) is 5.62. The van der Waals surface area contributed by atoms with E-state index < -0.39 is 0 Å². The van der Waals surface area contributed by atoms with Crippen LogP contribution in [0.2, 0.25) is 0 Å². The molecule has 1 saturated carbocycles. The Morgan fingerprint density at radius 3 is 2.29 bits per heavy atom. The first-order chi connectivity index (χ1) is 13.6. The average molecular weight is 387 g/mol. The second-order valence-corrected chi connectivity index (χ2v) is 8.82. The first kappa shape index (κ1) is 19.6. The number of hydrogen-bond donors (Lipinski definition) is 0. The van der Waals surface area contributed by atoms with Crippen LogP contribution in [0.5, 0.6) is 11.5 Å². The number of benzene rings is 1. The monoisotopic (exact) mass is 386 g/mol. The van der Waals surface area contributed by atoms with E-state index >= 15 is 0 Å². The average Bonchev–Trinajstić information content (AvgIpc) is 3.21. The van der Waals surface area contributed by atoms with Crippen LogP contribution in [-0.2, 0) is 16.8 Å².